The Balaban J connectivity index is 1.50. The molecule has 130 valence electrons. The number of aromatic nitrogens is 2. The van der Waals surface area contributed by atoms with Crippen molar-refractivity contribution in [2.75, 3.05) is 11.9 Å². The zero-order valence-corrected chi connectivity index (χ0v) is 15.2. The first-order chi connectivity index (χ1) is 12.1. The largest absolute Gasteiger partial charge is 0.337 e. The number of nitrogens with zero attached hydrogens (tertiary/aromatic N) is 2. The highest BCUT2D eigenvalue weighted by molar-refractivity contribution is 7.09. The highest BCUT2D eigenvalue weighted by atomic mass is 32.1. The van der Waals surface area contributed by atoms with Gasteiger partial charge in [0.15, 0.2) is 0 Å². The zero-order valence-electron chi connectivity index (χ0n) is 14.4. The van der Waals surface area contributed by atoms with E-state index in [0.29, 0.717) is 12.5 Å². The number of hydrogen-bond acceptors (Lipinski definition) is 3. The first kappa shape index (κ1) is 17.2. The Hall–Kier alpha value is -2.60. The van der Waals surface area contributed by atoms with Crippen LogP contribution in [0.3, 0.4) is 0 Å². The second-order valence-electron chi connectivity index (χ2n) is 6.10. The van der Waals surface area contributed by atoms with Gasteiger partial charge >= 0.3 is 6.03 Å². The summed E-state index contributed by atoms with van der Waals surface area (Å²) in [4.78, 5) is 16.6. The molecule has 3 rings (SSSR count). The molecule has 2 heterocycles. The van der Waals surface area contributed by atoms with Crippen LogP contribution in [0.15, 0.2) is 54.2 Å². The maximum atomic E-state index is 12.1. The molecule has 25 heavy (non-hydrogen) atoms. The van der Waals surface area contributed by atoms with E-state index in [1.807, 2.05) is 53.4 Å². The first-order valence-corrected chi connectivity index (χ1v) is 9.22. The van der Waals surface area contributed by atoms with Crippen molar-refractivity contribution in [3.05, 3.63) is 64.9 Å². The number of rotatable bonds is 6. The normalized spacial score (nSPS) is 10.8. The van der Waals surface area contributed by atoms with Gasteiger partial charge in [0.1, 0.15) is 0 Å². The molecule has 0 atom stereocenters. The summed E-state index contributed by atoms with van der Waals surface area (Å²) in [6.45, 7) is 4.83. The van der Waals surface area contributed by atoms with Gasteiger partial charge in [-0.3, -0.25) is 0 Å². The van der Waals surface area contributed by atoms with Crippen molar-refractivity contribution >= 4 is 23.1 Å². The van der Waals surface area contributed by atoms with E-state index in [0.717, 1.165) is 28.5 Å². The Labute approximate surface area is 151 Å². The molecule has 2 aromatic heterocycles. The third-order valence-corrected chi connectivity index (χ3v) is 4.93. The lowest BCUT2D eigenvalue weighted by Crippen LogP contribution is -2.30. The summed E-state index contributed by atoms with van der Waals surface area (Å²) in [5, 5.41) is 8.96. The van der Waals surface area contributed by atoms with E-state index in [1.165, 1.54) is 0 Å². The minimum atomic E-state index is -0.205. The molecule has 1 aromatic carbocycles. The van der Waals surface area contributed by atoms with Gasteiger partial charge in [-0.2, -0.15) is 0 Å². The standard InChI is InChI=1S/C19H22N4OS/c1-14(2)18-21-16(13-25-18)8-9-20-19(24)22-15-6-5-7-17(12-15)23-10-3-4-11-23/h3-7,10-14H,8-9H2,1-2H3,(H2,20,22,24). The number of carbonyl (C=O) groups is 1. The van der Waals surface area contributed by atoms with Gasteiger partial charge in [-0.15, -0.1) is 11.3 Å². The smallest absolute Gasteiger partial charge is 0.319 e. The molecule has 0 spiro atoms. The Morgan fingerprint density at radius 2 is 2.04 bits per heavy atom. The number of urea groups is 1. The number of amides is 2. The van der Waals surface area contributed by atoms with E-state index in [2.05, 4.69) is 34.8 Å². The quantitative estimate of drug-likeness (QED) is 0.688. The maximum absolute atomic E-state index is 12.1. The molecule has 0 aliphatic carbocycles. The molecule has 0 bridgehead atoms. The molecule has 5 nitrogen and oxygen atoms in total. The highest BCUT2D eigenvalue weighted by Crippen LogP contribution is 2.19. The van der Waals surface area contributed by atoms with Crippen LogP contribution in [0.5, 0.6) is 0 Å². The fourth-order valence-electron chi connectivity index (χ4n) is 2.43. The van der Waals surface area contributed by atoms with Crippen LogP contribution in [0, 0.1) is 0 Å². The van der Waals surface area contributed by atoms with Crippen LogP contribution in [0.25, 0.3) is 5.69 Å². The topological polar surface area (TPSA) is 59.0 Å². The van der Waals surface area contributed by atoms with Gasteiger partial charge in [0.25, 0.3) is 0 Å². The molecule has 0 aliphatic heterocycles. The fraction of sp³-hybridized carbons (Fsp3) is 0.263. The molecular weight excluding hydrogens is 332 g/mol. The van der Waals surface area contributed by atoms with Crippen molar-refractivity contribution in [3.8, 4) is 5.69 Å². The monoisotopic (exact) mass is 354 g/mol. The molecule has 0 fully saturated rings. The number of benzene rings is 1. The van der Waals surface area contributed by atoms with Gasteiger partial charge in [0.2, 0.25) is 0 Å². The van der Waals surface area contributed by atoms with Crippen LogP contribution in [-0.4, -0.2) is 22.1 Å². The average molecular weight is 354 g/mol. The lowest BCUT2D eigenvalue weighted by molar-refractivity contribution is 0.252. The summed E-state index contributed by atoms with van der Waals surface area (Å²) in [5.74, 6) is 0.447. The van der Waals surface area contributed by atoms with Crippen LogP contribution in [0.1, 0.15) is 30.5 Å². The van der Waals surface area contributed by atoms with Crippen LogP contribution < -0.4 is 10.6 Å². The molecule has 0 unspecified atom stereocenters. The Morgan fingerprint density at radius 3 is 2.76 bits per heavy atom. The van der Waals surface area contributed by atoms with Crippen LogP contribution in [0.2, 0.25) is 0 Å². The van der Waals surface area contributed by atoms with Crippen molar-refractivity contribution in [2.45, 2.75) is 26.2 Å². The van der Waals surface area contributed by atoms with Crippen molar-refractivity contribution in [1.29, 1.82) is 0 Å². The van der Waals surface area contributed by atoms with Gasteiger partial charge < -0.3 is 15.2 Å². The third-order valence-electron chi connectivity index (χ3n) is 3.74. The first-order valence-electron chi connectivity index (χ1n) is 8.34. The van der Waals surface area contributed by atoms with Crippen molar-refractivity contribution < 1.29 is 4.79 Å². The molecular formula is C19H22N4OS. The van der Waals surface area contributed by atoms with E-state index in [1.54, 1.807) is 11.3 Å². The second kappa shape index (κ2) is 7.98. The summed E-state index contributed by atoms with van der Waals surface area (Å²) in [6.07, 6.45) is 4.68. The second-order valence-corrected chi connectivity index (χ2v) is 6.99. The highest BCUT2D eigenvalue weighted by Gasteiger charge is 2.07. The van der Waals surface area contributed by atoms with Gasteiger partial charge in [-0.1, -0.05) is 19.9 Å². The summed E-state index contributed by atoms with van der Waals surface area (Å²) < 4.78 is 2.00. The maximum Gasteiger partial charge on any atom is 0.319 e. The van der Waals surface area contributed by atoms with Gasteiger partial charge in [-0.25, -0.2) is 9.78 Å². The minimum Gasteiger partial charge on any atom is -0.337 e. The van der Waals surface area contributed by atoms with Gasteiger partial charge in [-0.05, 0) is 30.3 Å². The molecule has 6 heteroatoms. The van der Waals surface area contributed by atoms with E-state index in [-0.39, 0.29) is 6.03 Å². The van der Waals surface area contributed by atoms with E-state index in [4.69, 9.17) is 0 Å². The SMILES string of the molecule is CC(C)c1nc(CCNC(=O)Nc2cccc(-n3cccc3)c2)cs1. The van der Waals surface area contributed by atoms with E-state index in [9.17, 15) is 4.79 Å². The molecule has 0 saturated carbocycles. The van der Waals surface area contributed by atoms with Crippen LogP contribution in [-0.2, 0) is 6.42 Å². The molecule has 2 amide bonds. The zero-order chi connectivity index (χ0) is 17.6. The third kappa shape index (κ3) is 4.70. The summed E-state index contributed by atoms with van der Waals surface area (Å²) >= 11 is 1.68. The summed E-state index contributed by atoms with van der Waals surface area (Å²) in [7, 11) is 0. The Morgan fingerprint density at radius 1 is 1.24 bits per heavy atom. The van der Waals surface area contributed by atoms with Crippen molar-refractivity contribution in [1.82, 2.24) is 14.9 Å². The average Bonchev–Trinajstić information content (AvgIpc) is 3.27. The number of anilines is 1. The molecule has 0 radical (unpaired) electrons. The predicted octanol–water partition coefficient (Wildman–Crippen LogP) is 4.42. The summed E-state index contributed by atoms with van der Waals surface area (Å²) in [5.41, 5.74) is 2.80. The Kier molecular flexibility index (Phi) is 5.50. The number of hydrogen-bond donors (Lipinski definition) is 2. The number of carbonyl (C=O) groups excluding carboxylic acids is 1. The molecule has 2 N–H and O–H groups in total. The lowest BCUT2D eigenvalue weighted by atomic mass is 10.2. The minimum absolute atomic E-state index is 0.205. The number of thiazole rings is 1. The van der Waals surface area contributed by atoms with Crippen molar-refractivity contribution in [2.24, 2.45) is 0 Å². The fourth-order valence-corrected chi connectivity index (χ4v) is 3.30. The number of nitrogens with one attached hydrogen (secondary N) is 2. The molecule has 0 saturated heterocycles. The lowest BCUT2D eigenvalue weighted by Gasteiger charge is -2.09. The van der Waals surface area contributed by atoms with Gasteiger partial charge in [0.05, 0.1) is 10.7 Å². The van der Waals surface area contributed by atoms with E-state index < -0.39 is 0 Å². The molecule has 3 aromatic rings. The van der Waals surface area contributed by atoms with Crippen LogP contribution in [0.4, 0.5) is 10.5 Å². The Bertz CT molecular complexity index is 824. The van der Waals surface area contributed by atoms with E-state index >= 15 is 0 Å². The van der Waals surface area contributed by atoms with Crippen molar-refractivity contribution in [3.63, 3.8) is 0 Å². The van der Waals surface area contributed by atoms with Gasteiger partial charge in [0, 0.05) is 48.0 Å². The molecule has 0 aliphatic rings. The van der Waals surface area contributed by atoms with Crippen LogP contribution >= 0.6 is 11.3 Å². The summed E-state index contributed by atoms with van der Waals surface area (Å²) in [6, 6.07) is 11.5. The predicted molar refractivity (Wildman–Crippen MR) is 103 cm³/mol.